The van der Waals surface area contributed by atoms with Crippen LogP contribution in [0.15, 0.2) is 42.9 Å². The van der Waals surface area contributed by atoms with Crippen LogP contribution in [-0.4, -0.2) is 48.0 Å². The van der Waals surface area contributed by atoms with Crippen molar-refractivity contribution in [1.29, 1.82) is 0 Å². The first-order valence-corrected chi connectivity index (χ1v) is 7.21. The van der Waals surface area contributed by atoms with Crippen molar-refractivity contribution in [2.75, 3.05) is 37.8 Å². The van der Waals surface area contributed by atoms with Gasteiger partial charge in [0.2, 0.25) is 0 Å². The Labute approximate surface area is 130 Å². The molecule has 0 bridgehead atoms. The molecular weight excluding hydrogens is 278 g/mol. The summed E-state index contributed by atoms with van der Waals surface area (Å²) in [7, 11) is 4.11. The molecule has 0 saturated carbocycles. The Morgan fingerprint density at radius 3 is 2.73 bits per heavy atom. The van der Waals surface area contributed by atoms with E-state index in [2.05, 4.69) is 39.6 Å². The monoisotopic (exact) mass is 299 g/mol. The summed E-state index contributed by atoms with van der Waals surface area (Å²) in [5, 5.41) is 6.04. The summed E-state index contributed by atoms with van der Waals surface area (Å²) in [4.78, 5) is 22.3. The van der Waals surface area contributed by atoms with Gasteiger partial charge in [-0.3, -0.25) is 9.78 Å². The fourth-order valence-electron chi connectivity index (χ4n) is 1.88. The zero-order valence-electron chi connectivity index (χ0n) is 12.9. The van der Waals surface area contributed by atoms with Crippen molar-refractivity contribution >= 4 is 17.4 Å². The number of nitrogens with one attached hydrogen (secondary N) is 2. The van der Waals surface area contributed by atoms with Gasteiger partial charge in [-0.05, 0) is 51.3 Å². The first-order chi connectivity index (χ1) is 10.6. The predicted octanol–water partition coefficient (Wildman–Crippen LogP) is 2.09. The van der Waals surface area contributed by atoms with Crippen LogP contribution in [0.1, 0.15) is 16.8 Å². The number of hydrogen-bond donors (Lipinski definition) is 2. The maximum absolute atomic E-state index is 12.0. The minimum absolute atomic E-state index is 0.193. The second kappa shape index (κ2) is 8.09. The van der Waals surface area contributed by atoms with Crippen molar-refractivity contribution in [2.45, 2.75) is 6.42 Å². The van der Waals surface area contributed by atoms with Gasteiger partial charge in [-0.1, -0.05) is 0 Å². The molecule has 0 aliphatic rings. The van der Waals surface area contributed by atoms with Crippen LogP contribution < -0.4 is 10.6 Å². The molecule has 6 heteroatoms. The lowest BCUT2D eigenvalue weighted by Crippen LogP contribution is -2.16. The molecule has 116 valence electrons. The van der Waals surface area contributed by atoms with E-state index in [-0.39, 0.29) is 5.91 Å². The van der Waals surface area contributed by atoms with Crippen LogP contribution in [0, 0.1) is 0 Å². The number of anilines is 2. The lowest BCUT2D eigenvalue weighted by molar-refractivity contribution is 0.102. The molecule has 2 aromatic rings. The van der Waals surface area contributed by atoms with Crippen LogP contribution in [0.2, 0.25) is 0 Å². The minimum Gasteiger partial charge on any atom is -0.370 e. The van der Waals surface area contributed by atoms with Gasteiger partial charge >= 0.3 is 0 Å². The minimum atomic E-state index is -0.193. The summed E-state index contributed by atoms with van der Waals surface area (Å²) >= 11 is 0. The molecule has 0 aliphatic heterocycles. The van der Waals surface area contributed by atoms with E-state index in [0.717, 1.165) is 25.3 Å². The molecule has 1 amide bonds. The van der Waals surface area contributed by atoms with Gasteiger partial charge in [-0.25, -0.2) is 4.98 Å². The van der Waals surface area contributed by atoms with E-state index in [9.17, 15) is 4.79 Å². The maximum atomic E-state index is 12.0. The van der Waals surface area contributed by atoms with Gasteiger partial charge in [0.05, 0.1) is 17.4 Å². The van der Waals surface area contributed by atoms with Crippen LogP contribution >= 0.6 is 0 Å². The summed E-state index contributed by atoms with van der Waals surface area (Å²) in [6, 6.07) is 7.13. The van der Waals surface area contributed by atoms with Crippen LogP contribution in [0.3, 0.4) is 0 Å². The van der Waals surface area contributed by atoms with Crippen molar-refractivity contribution in [1.82, 2.24) is 14.9 Å². The highest BCUT2D eigenvalue weighted by molar-refractivity contribution is 6.03. The SMILES string of the molecule is CN(C)CCCNc1ccc(NC(=O)c2cccnc2)cn1. The smallest absolute Gasteiger partial charge is 0.257 e. The van der Waals surface area contributed by atoms with Gasteiger partial charge in [0.25, 0.3) is 5.91 Å². The topological polar surface area (TPSA) is 70.2 Å². The first-order valence-electron chi connectivity index (χ1n) is 7.21. The van der Waals surface area contributed by atoms with Gasteiger partial charge in [0.15, 0.2) is 0 Å². The quantitative estimate of drug-likeness (QED) is 0.766. The van der Waals surface area contributed by atoms with Gasteiger partial charge in [-0.15, -0.1) is 0 Å². The second-order valence-electron chi connectivity index (χ2n) is 5.21. The van der Waals surface area contributed by atoms with Crippen LogP contribution in [0.5, 0.6) is 0 Å². The van der Waals surface area contributed by atoms with Crippen molar-refractivity contribution in [2.24, 2.45) is 0 Å². The normalized spacial score (nSPS) is 10.5. The number of nitrogens with zero attached hydrogens (tertiary/aromatic N) is 3. The fourth-order valence-corrected chi connectivity index (χ4v) is 1.88. The number of aromatic nitrogens is 2. The van der Waals surface area contributed by atoms with Crippen molar-refractivity contribution in [3.05, 3.63) is 48.4 Å². The third-order valence-electron chi connectivity index (χ3n) is 3.03. The molecule has 6 nitrogen and oxygen atoms in total. The van der Waals surface area contributed by atoms with E-state index >= 15 is 0 Å². The Balaban J connectivity index is 1.83. The molecule has 22 heavy (non-hydrogen) atoms. The molecule has 0 radical (unpaired) electrons. The van der Waals surface area contributed by atoms with Gasteiger partial charge in [0, 0.05) is 18.9 Å². The molecule has 0 saturated heterocycles. The lowest BCUT2D eigenvalue weighted by atomic mass is 10.2. The third-order valence-corrected chi connectivity index (χ3v) is 3.03. The number of pyridine rings is 2. The highest BCUT2D eigenvalue weighted by Crippen LogP contribution is 2.11. The summed E-state index contributed by atoms with van der Waals surface area (Å²) in [6.07, 6.45) is 5.86. The molecule has 0 aliphatic carbocycles. The van der Waals surface area contributed by atoms with Gasteiger partial charge in [-0.2, -0.15) is 0 Å². The number of rotatable bonds is 7. The second-order valence-corrected chi connectivity index (χ2v) is 5.21. The third kappa shape index (κ3) is 5.14. The average Bonchev–Trinajstić information content (AvgIpc) is 2.54. The predicted molar refractivity (Wildman–Crippen MR) is 88.1 cm³/mol. The van der Waals surface area contributed by atoms with E-state index in [1.54, 1.807) is 24.5 Å². The van der Waals surface area contributed by atoms with Crippen molar-refractivity contribution in [3.8, 4) is 0 Å². The van der Waals surface area contributed by atoms with Gasteiger partial charge < -0.3 is 15.5 Å². The Morgan fingerprint density at radius 1 is 1.23 bits per heavy atom. The van der Waals surface area contributed by atoms with E-state index in [1.165, 1.54) is 6.20 Å². The largest absolute Gasteiger partial charge is 0.370 e. The average molecular weight is 299 g/mol. The molecule has 0 spiro atoms. The zero-order chi connectivity index (χ0) is 15.8. The number of carbonyl (C=O) groups is 1. The van der Waals surface area contributed by atoms with Crippen LogP contribution in [0.25, 0.3) is 0 Å². The summed E-state index contributed by atoms with van der Waals surface area (Å²) < 4.78 is 0. The summed E-state index contributed by atoms with van der Waals surface area (Å²) in [5.74, 6) is 0.611. The van der Waals surface area contributed by atoms with E-state index in [0.29, 0.717) is 11.3 Å². The molecule has 2 N–H and O–H groups in total. The van der Waals surface area contributed by atoms with E-state index in [4.69, 9.17) is 0 Å². The molecule has 2 aromatic heterocycles. The molecule has 0 aromatic carbocycles. The Bertz CT molecular complexity index is 583. The number of amides is 1. The molecule has 0 atom stereocenters. The van der Waals surface area contributed by atoms with E-state index < -0.39 is 0 Å². The molecule has 2 rings (SSSR count). The number of carbonyl (C=O) groups excluding carboxylic acids is 1. The lowest BCUT2D eigenvalue weighted by Gasteiger charge is -2.10. The summed E-state index contributed by atoms with van der Waals surface area (Å²) in [5.41, 5.74) is 1.18. The first kappa shape index (κ1) is 15.9. The fraction of sp³-hybridized carbons (Fsp3) is 0.312. The highest BCUT2D eigenvalue weighted by Gasteiger charge is 2.05. The van der Waals surface area contributed by atoms with E-state index in [1.807, 2.05) is 12.1 Å². The zero-order valence-corrected chi connectivity index (χ0v) is 12.9. The standard InChI is InChI=1S/C16H21N5O/c1-21(2)10-4-9-18-15-7-6-14(12-19-15)20-16(22)13-5-3-8-17-11-13/h3,5-8,11-12H,4,9-10H2,1-2H3,(H,18,19)(H,20,22). The summed E-state index contributed by atoms with van der Waals surface area (Å²) in [6.45, 7) is 1.90. The van der Waals surface area contributed by atoms with Crippen molar-refractivity contribution < 1.29 is 4.79 Å². The van der Waals surface area contributed by atoms with Gasteiger partial charge in [0.1, 0.15) is 5.82 Å². The highest BCUT2D eigenvalue weighted by atomic mass is 16.1. The molecule has 0 unspecified atom stereocenters. The van der Waals surface area contributed by atoms with Crippen molar-refractivity contribution in [3.63, 3.8) is 0 Å². The number of hydrogen-bond acceptors (Lipinski definition) is 5. The van der Waals surface area contributed by atoms with Crippen LogP contribution in [0.4, 0.5) is 11.5 Å². The Kier molecular flexibility index (Phi) is 5.85. The Hall–Kier alpha value is -2.47. The van der Waals surface area contributed by atoms with Crippen LogP contribution in [-0.2, 0) is 0 Å². The maximum Gasteiger partial charge on any atom is 0.257 e. The molecular formula is C16H21N5O. The molecule has 0 fully saturated rings. The Morgan fingerprint density at radius 2 is 2.09 bits per heavy atom. The molecule has 2 heterocycles.